The van der Waals surface area contributed by atoms with Crippen molar-refractivity contribution < 1.29 is 31.5 Å². The molecule has 0 aromatic carbocycles. The molecular weight excluding hydrogens is 291 g/mol. The fraction of sp³-hybridized carbons (Fsp3) is 0.909. The molecule has 114 valence electrons. The molecular formula is C11H17F5O2S. The molecule has 0 rings (SSSR count). The highest BCUT2D eigenvalue weighted by Crippen LogP contribution is 2.39. The van der Waals surface area contributed by atoms with E-state index in [0.29, 0.717) is 5.75 Å². The Labute approximate surface area is 113 Å². The van der Waals surface area contributed by atoms with Crippen LogP contribution in [0, 0.1) is 0 Å². The number of rotatable bonds is 8. The predicted molar refractivity (Wildman–Crippen MR) is 63.4 cm³/mol. The molecule has 8 heteroatoms. The van der Waals surface area contributed by atoms with E-state index in [1.54, 1.807) is 13.8 Å². The Morgan fingerprint density at radius 2 is 1.74 bits per heavy atom. The summed E-state index contributed by atoms with van der Waals surface area (Å²) in [6.45, 7) is 3.39. The molecule has 0 amide bonds. The summed E-state index contributed by atoms with van der Waals surface area (Å²) in [5, 5.41) is 0. The van der Waals surface area contributed by atoms with Crippen LogP contribution in [0.25, 0.3) is 0 Å². The fourth-order valence-electron chi connectivity index (χ4n) is 1.15. The minimum Gasteiger partial charge on any atom is -0.462 e. The van der Waals surface area contributed by atoms with Gasteiger partial charge >= 0.3 is 18.1 Å². The molecule has 0 unspecified atom stereocenters. The predicted octanol–water partition coefficient (Wildman–Crippen LogP) is 4.04. The van der Waals surface area contributed by atoms with Gasteiger partial charge in [-0.1, -0.05) is 0 Å². The van der Waals surface area contributed by atoms with E-state index < -0.39 is 24.5 Å². The van der Waals surface area contributed by atoms with E-state index in [1.807, 2.05) is 0 Å². The molecule has 0 N–H and O–H groups in total. The first-order valence-electron chi connectivity index (χ1n) is 5.78. The lowest BCUT2D eigenvalue weighted by atomic mass is 10.1. The first-order valence-corrected chi connectivity index (χ1v) is 6.93. The maximum atomic E-state index is 12.5. The van der Waals surface area contributed by atoms with E-state index in [4.69, 9.17) is 4.74 Å². The van der Waals surface area contributed by atoms with Crippen molar-refractivity contribution in [3.05, 3.63) is 0 Å². The molecule has 0 aliphatic rings. The van der Waals surface area contributed by atoms with Gasteiger partial charge in [-0.05, 0) is 32.4 Å². The van der Waals surface area contributed by atoms with Crippen LogP contribution in [0.3, 0.4) is 0 Å². The van der Waals surface area contributed by atoms with Gasteiger partial charge < -0.3 is 4.74 Å². The molecule has 0 aromatic heterocycles. The molecule has 0 spiro atoms. The number of carbonyl (C=O) groups is 1. The van der Waals surface area contributed by atoms with Gasteiger partial charge in [0.15, 0.2) is 0 Å². The minimum absolute atomic E-state index is 0.0772. The molecule has 2 nitrogen and oxygen atoms in total. The standard InChI is InChI=1S/C11H17F5O2S/c1-8(2)18-9(17)7-19-6-4-3-5-10(12,13)11(14,15)16/h8H,3-7H2,1-2H3. The van der Waals surface area contributed by atoms with Crippen molar-refractivity contribution >= 4 is 17.7 Å². The van der Waals surface area contributed by atoms with Gasteiger partial charge in [-0.2, -0.15) is 33.7 Å². The highest BCUT2D eigenvalue weighted by molar-refractivity contribution is 7.99. The molecule has 0 aliphatic carbocycles. The van der Waals surface area contributed by atoms with Crippen molar-refractivity contribution in [1.82, 2.24) is 0 Å². The number of carbonyl (C=O) groups excluding carboxylic acids is 1. The number of esters is 1. The molecule has 0 radical (unpaired) electrons. The maximum absolute atomic E-state index is 12.5. The average molecular weight is 308 g/mol. The Kier molecular flexibility index (Phi) is 7.69. The van der Waals surface area contributed by atoms with Crippen molar-refractivity contribution in [3.63, 3.8) is 0 Å². The van der Waals surface area contributed by atoms with E-state index in [1.165, 1.54) is 0 Å². The molecule has 0 fully saturated rings. The molecule has 19 heavy (non-hydrogen) atoms. The number of alkyl halides is 5. The van der Waals surface area contributed by atoms with E-state index in [0.717, 1.165) is 11.8 Å². The number of ether oxygens (including phenoxy) is 1. The largest absolute Gasteiger partial charge is 0.462 e. The molecule has 0 aliphatic heterocycles. The smallest absolute Gasteiger partial charge is 0.453 e. The molecule has 0 bridgehead atoms. The minimum atomic E-state index is -5.48. The summed E-state index contributed by atoms with van der Waals surface area (Å²) < 4.78 is 65.3. The number of hydrogen-bond donors (Lipinski definition) is 0. The van der Waals surface area contributed by atoms with Crippen LogP contribution in [-0.4, -0.2) is 35.7 Å². The number of halogens is 5. The van der Waals surface area contributed by atoms with Crippen LogP contribution in [-0.2, 0) is 9.53 Å². The highest BCUT2D eigenvalue weighted by Gasteiger charge is 2.56. The molecule has 0 saturated carbocycles. The van der Waals surface area contributed by atoms with Gasteiger partial charge in [0.1, 0.15) is 0 Å². The van der Waals surface area contributed by atoms with Crippen molar-refractivity contribution in [2.24, 2.45) is 0 Å². The summed E-state index contributed by atoms with van der Waals surface area (Å²) in [4.78, 5) is 11.1. The van der Waals surface area contributed by atoms with Gasteiger partial charge in [0.2, 0.25) is 0 Å². The monoisotopic (exact) mass is 308 g/mol. The number of unbranched alkanes of at least 4 members (excludes halogenated alkanes) is 1. The van der Waals surface area contributed by atoms with Crippen molar-refractivity contribution in [2.75, 3.05) is 11.5 Å². The Balaban J connectivity index is 3.64. The third-order valence-corrected chi connectivity index (χ3v) is 3.05. The van der Waals surface area contributed by atoms with Crippen LogP contribution in [0.1, 0.15) is 33.1 Å². The van der Waals surface area contributed by atoms with Crippen LogP contribution in [0.4, 0.5) is 22.0 Å². The molecule has 0 heterocycles. The second-order valence-corrected chi connectivity index (χ2v) is 5.36. The summed E-state index contributed by atoms with van der Waals surface area (Å²) in [5.41, 5.74) is 0. The van der Waals surface area contributed by atoms with Crippen molar-refractivity contribution in [3.8, 4) is 0 Å². The van der Waals surface area contributed by atoms with Gasteiger partial charge in [0.25, 0.3) is 0 Å². The summed E-state index contributed by atoms with van der Waals surface area (Å²) >= 11 is 1.16. The third-order valence-electron chi connectivity index (χ3n) is 2.03. The Morgan fingerprint density at radius 1 is 1.16 bits per heavy atom. The zero-order chi connectivity index (χ0) is 15.1. The summed E-state index contributed by atoms with van der Waals surface area (Å²) in [6, 6.07) is 0. The number of hydrogen-bond acceptors (Lipinski definition) is 3. The lowest BCUT2D eigenvalue weighted by Gasteiger charge is -2.19. The molecule has 0 aromatic rings. The zero-order valence-corrected chi connectivity index (χ0v) is 11.5. The highest BCUT2D eigenvalue weighted by atomic mass is 32.2. The average Bonchev–Trinajstić information content (AvgIpc) is 2.20. The first-order chi connectivity index (χ1) is 8.56. The lowest BCUT2D eigenvalue weighted by molar-refractivity contribution is -0.284. The molecule has 0 saturated heterocycles. The van der Waals surface area contributed by atoms with E-state index in [-0.39, 0.29) is 24.7 Å². The van der Waals surface area contributed by atoms with Crippen molar-refractivity contribution in [2.45, 2.75) is 51.3 Å². The van der Waals surface area contributed by atoms with Gasteiger partial charge in [0, 0.05) is 6.42 Å². The summed E-state index contributed by atoms with van der Waals surface area (Å²) in [7, 11) is 0. The zero-order valence-electron chi connectivity index (χ0n) is 10.7. The van der Waals surface area contributed by atoms with E-state index in [9.17, 15) is 26.7 Å². The quantitative estimate of drug-likeness (QED) is 0.384. The normalized spacial score (nSPS) is 12.8. The lowest BCUT2D eigenvalue weighted by Crippen LogP contribution is -2.36. The topological polar surface area (TPSA) is 26.3 Å². The fourth-order valence-corrected chi connectivity index (χ4v) is 1.93. The Morgan fingerprint density at radius 3 is 2.21 bits per heavy atom. The SMILES string of the molecule is CC(C)OC(=O)CSCCCCC(F)(F)C(F)(F)F. The van der Waals surface area contributed by atoms with Gasteiger partial charge in [-0.25, -0.2) is 0 Å². The van der Waals surface area contributed by atoms with E-state index in [2.05, 4.69) is 0 Å². The maximum Gasteiger partial charge on any atom is 0.453 e. The molecule has 0 atom stereocenters. The van der Waals surface area contributed by atoms with Crippen molar-refractivity contribution in [1.29, 1.82) is 0 Å². The number of thioether (sulfide) groups is 1. The van der Waals surface area contributed by atoms with Gasteiger partial charge in [0.05, 0.1) is 11.9 Å². The third kappa shape index (κ3) is 8.28. The van der Waals surface area contributed by atoms with Gasteiger partial charge in [-0.15, -0.1) is 0 Å². The van der Waals surface area contributed by atoms with E-state index >= 15 is 0 Å². The van der Waals surface area contributed by atoms with Gasteiger partial charge in [-0.3, -0.25) is 4.79 Å². The van der Waals surface area contributed by atoms with Crippen LogP contribution in [0.5, 0.6) is 0 Å². The Hall–Kier alpha value is -0.530. The second-order valence-electron chi connectivity index (χ2n) is 4.25. The van der Waals surface area contributed by atoms with Crippen LogP contribution < -0.4 is 0 Å². The summed E-state index contributed by atoms with van der Waals surface area (Å²) in [5.74, 6) is -4.62. The van der Waals surface area contributed by atoms with Crippen LogP contribution in [0.2, 0.25) is 0 Å². The van der Waals surface area contributed by atoms with Crippen LogP contribution in [0.15, 0.2) is 0 Å². The second kappa shape index (κ2) is 7.91. The Bertz CT molecular complexity index is 279. The summed E-state index contributed by atoms with van der Waals surface area (Å²) in [6.07, 6.45) is -6.96. The first kappa shape index (κ1) is 18.5. The van der Waals surface area contributed by atoms with Crippen LogP contribution >= 0.6 is 11.8 Å².